The second kappa shape index (κ2) is 7.33. The van der Waals surface area contributed by atoms with Crippen molar-refractivity contribution in [2.24, 2.45) is 4.99 Å². The van der Waals surface area contributed by atoms with Crippen molar-refractivity contribution in [3.8, 4) is 0 Å². The molecule has 1 aliphatic rings. The van der Waals surface area contributed by atoms with Crippen molar-refractivity contribution in [3.63, 3.8) is 0 Å². The highest BCUT2D eigenvalue weighted by Crippen LogP contribution is 2.43. The van der Waals surface area contributed by atoms with Crippen LogP contribution in [0, 0.1) is 0 Å². The van der Waals surface area contributed by atoms with Gasteiger partial charge in [0.1, 0.15) is 0 Å². The Balaban J connectivity index is 1.92. The van der Waals surface area contributed by atoms with Crippen molar-refractivity contribution in [1.82, 2.24) is 0 Å². The number of rotatable bonds is 4. The number of hydrogen-bond acceptors (Lipinski definition) is 2. The first-order valence-electron chi connectivity index (χ1n) is 9.12. The maximum absolute atomic E-state index is 4.63. The van der Waals surface area contributed by atoms with Gasteiger partial charge >= 0.3 is 0 Å². The van der Waals surface area contributed by atoms with Gasteiger partial charge in [-0.15, -0.1) is 0 Å². The quantitative estimate of drug-likeness (QED) is 0.522. The summed E-state index contributed by atoms with van der Waals surface area (Å²) in [5.74, 6) is 0.567. The van der Waals surface area contributed by atoms with E-state index in [0.29, 0.717) is 5.92 Å². The third-order valence-electron chi connectivity index (χ3n) is 5.03. The number of aliphatic imine (C=N–C) groups is 1. The minimum Gasteiger partial charge on any atom is -0.366 e. The summed E-state index contributed by atoms with van der Waals surface area (Å²) in [5.41, 5.74) is 5.20. The first kappa shape index (κ1) is 18.2. The molecule has 0 N–H and O–H groups in total. The van der Waals surface area contributed by atoms with Crippen LogP contribution in [0.3, 0.4) is 0 Å². The van der Waals surface area contributed by atoms with Crippen LogP contribution in [0.4, 0.5) is 11.4 Å². The van der Waals surface area contributed by atoms with Crippen LogP contribution >= 0.6 is 15.9 Å². The summed E-state index contributed by atoms with van der Waals surface area (Å²) in [7, 11) is 0. The van der Waals surface area contributed by atoms with Crippen LogP contribution in [-0.2, 0) is 0 Å². The summed E-state index contributed by atoms with van der Waals surface area (Å²) in [6, 6.07) is 14.9. The standard InChI is InChI=1S/C22H27BrN2/c1-5-11-25-21-10-9-17(12-20(21)16(2)14-22(25,3)4)15-24-19-8-6-7-18(23)13-19/h6-10,12-13,15-16H,5,11,14H2,1-4H3. The van der Waals surface area contributed by atoms with Crippen molar-refractivity contribution >= 4 is 33.5 Å². The topological polar surface area (TPSA) is 15.6 Å². The van der Waals surface area contributed by atoms with E-state index in [9.17, 15) is 0 Å². The van der Waals surface area contributed by atoms with Crippen LogP contribution in [-0.4, -0.2) is 18.3 Å². The molecule has 0 spiro atoms. The fourth-order valence-corrected chi connectivity index (χ4v) is 4.33. The number of nitrogens with zero attached hydrogens (tertiary/aromatic N) is 2. The van der Waals surface area contributed by atoms with Crippen molar-refractivity contribution < 1.29 is 0 Å². The fraction of sp³-hybridized carbons (Fsp3) is 0.409. The highest BCUT2D eigenvalue weighted by atomic mass is 79.9. The van der Waals surface area contributed by atoms with Gasteiger partial charge in [-0.05, 0) is 74.1 Å². The van der Waals surface area contributed by atoms with Crippen LogP contribution < -0.4 is 4.90 Å². The molecule has 0 saturated heterocycles. The molecule has 25 heavy (non-hydrogen) atoms. The monoisotopic (exact) mass is 398 g/mol. The average Bonchev–Trinajstić information content (AvgIpc) is 2.56. The normalized spacial score (nSPS) is 19.2. The number of benzene rings is 2. The molecule has 2 aromatic carbocycles. The third kappa shape index (κ3) is 3.98. The van der Waals surface area contributed by atoms with Crippen molar-refractivity contribution in [3.05, 3.63) is 58.1 Å². The molecule has 1 unspecified atom stereocenters. The first-order valence-corrected chi connectivity index (χ1v) is 9.91. The fourth-order valence-electron chi connectivity index (χ4n) is 3.94. The molecule has 0 aliphatic carbocycles. The molecule has 0 saturated carbocycles. The Morgan fingerprint density at radius 2 is 2.04 bits per heavy atom. The lowest BCUT2D eigenvalue weighted by molar-refractivity contribution is 0.376. The van der Waals surface area contributed by atoms with Gasteiger partial charge in [-0.3, -0.25) is 4.99 Å². The van der Waals surface area contributed by atoms with Crippen molar-refractivity contribution in [1.29, 1.82) is 0 Å². The summed E-state index contributed by atoms with van der Waals surface area (Å²) in [6.45, 7) is 10.4. The van der Waals surface area contributed by atoms with E-state index in [1.807, 2.05) is 30.5 Å². The molecular formula is C22H27BrN2. The predicted octanol–water partition coefficient (Wildman–Crippen LogP) is 6.70. The number of anilines is 1. The van der Waals surface area contributed by atoms with E-state index >= 15 is 0 Å². The Morgan fingerprint density at radius 1 is 1.24 bits per heavy atom. The molecule has 3 heteroatoms. The van der Waals surface area contributed by atoms with Crippen molar-refractivity contribution in [2.75, 3.05) is 11.4 Å². The highest BCUT2D eigenvalue weighted by Gasteiger charge is 2.35. The summed E-state index contributed by atoms with van der Waals surface area (Å²) >= 11 is 3.50. The van der Waals surface area contributed by atoms with Gasteiger partial charge in [0, 0.05) is 28.5 Å². The van der Waals surface area contributed by atoms with E-state index < -0.39 is 0 Å². The Morgan fingerprint density at radius 3 is 2.76 bits per heavy atom. The maximum Gasteiger partial charge on any atom is 0.0641 e. The molecule has 132 valence electrons. The van der Waals surface area contributed by atoms with Crippen LogP contribution in [0.2, 0.25) is 0 Å². The van der Waals surface area contributed by atoms with Gasteiger partial charge in [-0.2, -0.15) is 0 Å². The van der Waals surface area contributed by atoms with E-state index in [-0.39, 0.29) is 5.54 Å². The van der Waals surface area contributed by atoms with E-state index in [1.165, 1.54) is 29.7 Å². The number of fused-ring (bicyclic) bond motifs is 1. The number of hydrogen-bond donors (Lipinski definition) is 0. The van der Waals surface area contributed by atoms with Gasteiger partial charge in [-0.25, -0.2) is 0 Å². The van der Waals surface area contributed by atoms with Gasteiger partial charge in [0.25, 0.3) is 0 Å². The summed E-state index contributed by atoms with van der Waals surface area (Å²) < 4.78 is 1.05. The Hall–Kier alpha value is -1.61. The first-order chi connectivity index (χ1) is 11.9. The molecule has 1 aliphatic heterocycles. The van der Waals surface area contributed by atoms with E-state index in [1.54, 1.807) is 0 Å². The molecular weight excluding hydrogens is 372 g/mol. The summed E-state index contributed by atoms with van der Waals surface area (Å²) in [6.07, 6.45) is 4.33. The Kier molecular flexibility index (Phi) is 5.33. The van der Waals surface area contributed by atoms with Crippen LogP contribution in [0.15, 0.2) is 51.9 Å². The zero-order chi connectivity index (χ0) is 18.0. The van der Waals surface area contributed by atoms with Gasteiger partial charge < -0.3 is 4.90 Å². The number of halogens is 1. The second-order valence-electron chi connectivity index (χ2n) is 7.63. The lowest BCUT2D eigenvalue weighted by Crippen LogP contribution is -2.48. The van der Waals surface area contributed by atoms with E-state index in [0.717, 1.165) is 16.7 Å². The van der Waals surface area contributed by atoms with Gasteiger partial charge in [0.15, 0.2) is 0 Å². The molecule has 1 heterocycles. The zero-order valence-electron chi connectivity index (χ0n) is 15.6. The summed E-state index contributed by atoms with van der Waals surface area (Å²) in [5, 5.41) is 0. The van der Waals surface area contributed by atoms with Crippen molar-refractivity contribution in [2.45, 2.75) is 52.0 Å². The summed E-state index contributed by atoms with van der Waals surface area (Å²) in [4.78, 5) is 7.21. The Labute approximate surface area is 160 Å². The molecule has 1 atom stereocenters. The van der Waals surface area contributed by atoms with Gasteiger partial charge in [0.05, 0.1) is 5.69 Å². The molecule has 2 aromatic rings. The minimum atomic E-state index is 0.217. The average molecular weight is 399 g/mol. The highest BCUT2D eigenvalue weighted by molar-refractivity contribution is 9.10. The lowest BCUT2D eigenvalue weighted by Gasteiger charge is -2.47. The van der Waals surface area contributed by atoms with E-state index in [2.05, 4.69) is 71.7 Å². The minimum absolute atomic E-state index is 0.217. The largest absolute Gasteiger partial charge is 0.366 e. The molecule has 0 amide bonds. The smallest absolute Gasteiger partial charge is 0.0641 e. The van der Waals surface area contributed by atoms with Gasteiger partial charge in [0.2, 0.25) is 0 Å². The van der Waals surface area contributed by atoms with Crippen LogP contribution in [0.25, 0.3) is 0 Å². The van der Waals surface area contributed by atoms with Crippen LogP contribution in [0.5, 0.6) is 0 Å². The molecule has 0 radical (unpaired) electrons. The zero-order valence-corrected chi connectivity index (χ0v) is 17.2. The SMILES string of the molecule is CCCN1c2ccc(C=Nc3cccc(Br)c3)cc2C(C)CC1(C)C. The molecule has 3 rings (SSSR count). The predicted molar refractivity (Wildman–Crippen MR) is 113 cm³/mol. The molecule has 0 fully saturated rings. The third-order valence-corrected chi connectivity index (χ3v) is 5.52. The molecule has 2 nitrogen and oxygen atoms in total. The van der Waals surface area contributed by atoms with Gasteiger partial charge in [-0.1, -0.05) is 41.9 Å². The maximum atomic E-state index is 4.63. The molecule has 0 aromatic heterocycles. The Bertz CT molecular complexity index is 779. The van der Waals surface area contributed by atoms with E-state index in [4.69, 9.17) is 0 Å². The van der Waals surface area contributed by atoms with Crippen LogP contribution in [0.1, 0.15) is 57.6 Å². The second-order valence-corrected chi connectivity index (χ2v) is 8.54. The molecule has 0 bridgehead atoms. The lowest BCUT2D eigenvalue weighted by atomic mass is 9.79.